The van der Waals surface area contributed by atoms with Crippen molar-refractivity contribution >= 4 is 23.4 Å². The molecule has 1 aromatic rings. The van der Waals surface area contributed by atoms with Gasteiger partial charge in [0.1, 0.15) is 0 Å². The first-order valence-electron chi connectivity index (χ1n) is 6.95. The molecular weight excluding hydrogens is 270 g/mol. The van der Waals surface area contributed by atoms with Crippen LogP contribution in [0.25, 0.3) is 0 Å². The van der Waals surface area contributed by atoms with E-state index in [9.17, 15) is 14.4 Å². The highest BCUT2D eigenvalue weighted by atomic mass is 16.2. The molecule has 0 atom stereocenters. The number of carbonyl (C=O) groups excluding carboxylic acids is 3. The minimum atomic E-state index is -0.510. The van der Waals surface area contributed by atoms with Crippen molar-refractivity contribution in [2.24, 2.45) is 5.73 Å². The molecule has 3 amide bonds. The number of hydrogen-bond donors (Lipinski definition) is 2. The summed E-state index contributed by atoms with van der Waals surface area (Å²) in [5, 5.41) is 2.72. The van der Waals surface area contributed by atoms with Gasteiger partial charge in [0.2, 0.25) is 17.7 Å². The number of anilines is 1. The molecule has 0 radical (unpaired) electrons. The van der Waals surface area contributed by atoms with Crippen LogP contribution in [0.3, 0.4) is 0 Å². The van der Waals surface area contributed by atoms with Crippen LogP contribution in [-0.4, -0.2) is 35.7 Å². The lowest BCUT2D eigenvalue weighted by molar-refractivity contribution is -0.131. The van der Waals surface area contributed by atoms with E-state index in [2.05, 4.69) is 5.32 Å². The first kappa shape index (κ1) is 16.7. The lowest BCUT2D eigenvalue weighted by Crippen LogP contribution is -2.33. The molecule has 0 saturated heterocycles. The molecule has 6 nitrogen and oxygen atoms in total. The fourth-order valence-electron chi connectivity index (χ4n) is 1.86. The molecule has 0 saturated carbocycles. The third-order valence-corrected chi connectivity index (χ3v) is 3.10. The minimum Gasteiger partial charge on any atom is -0.366 e. The van der Waals surface area contributed by atoms with E-state index >= 15 is 0 Å². The van der Waals surface area contributed by atoms with Gasteiger partial charge in [0.15, 0.2) is 0 Å². The Morgan fingerprint density at radius 3 is 2.24 bits per heavy atom. The topological polar surface area (TPSA) is 92.5 Å². The van der Waals surface area contributed by atoms with Crippen LogP contribution >= 0.6 is 0 Å². The molecule has 0 fully saturated rings. The highest BCUT2D eigenvalue weighted by Crippen LogP contribution is 2.09. The zero-order valence-corrected chi connectivity index (χ0v) is 12.4. The van der Waals surface area contributed by atoms with Crippen molar-refractivity contribution in [1.29, 1.82) is 0 Å². The second-order valence-corrected chi connectivity index (χ2v) is 4.57. The Morgan fingerprint density at radius 2 is 1.76 bits per heavy atom. The van der Waals surface area contributed by atoms with Gasteiger partial charge in [-0.05, 0) is 31.2 Å². The van der Waals surface area contributed by atoms with E-state index in [-0.39, 0.29) is 18.2 Å². The van der Waals surface area contributed by atoms with Crippen LogP contribution in [0.2, 0.25) is 0 Å². The van der Waals surface area contributed by atoms with Crippen LogP contribution in [0.1, 0.15) is 37.0 Å². The maximum Gasteiger partial charge on any atom is 0.248 e. The number of nitrogens with zero attached hydrogens (tertiary/aromatic N) is 1. The van der Waals surface area contributed by atoms with Gasteiger partial charge in [-0.15, -0.1) is 0 Å². The molecule has 1 aromatic carbocycles. The first-order valence-corrected chi connectivity index (χ1v) is 6.95. The zero-order chi connectivity index (χ0) is 15.8. The lowest BCUT2D eigenvalue weighted by Gasteiger charge is -2.19. The quantitative estimate of drug-likeness (QED) is 0.794. The molecular formula is C15H21N3O3. The smallest absolute Gasteiger partial charge is 0.248 e. The predicted molar refractivity (Wildman–Crippen MR) is 80.8 cm³/mol. The summed E-state index contributed by atoms with van der Waals surface area (Å²) in [6.45, 7) is 4.67. The predicted octanol–water partition coefficient (Wildman–Crippen LogP) is 1.37. The van der Waals surface area contributed by atoms with Crippen molar-refractivity contribution in [3.8, 4) is 0 Å². The molecule has 21 heavy (non-hydrogen) atoms. The van der Waals surface area contributed by atoms with Gasteiger partial charge in [-0.3, -0.25) is 14.4 Å². The van der Waals surface area contributed by atoms with Crippen molar-refractivity contribution in [1.82, 2.24) is 4.90 Å². The summed E-state index contributed by atoms with van der Waals surface area (Å²) in [6, 6.07) is 6.34. The molecule has 3 N–H and O–H groups in total. The number of carbonyl (C=O) groups is 3. The molecule has 0 aliphatic rings. The highest BCUT2D eigenvalue weighted by Gasteiger charge is 2.11. The van der Waals surface area contributed by atoms with E-state index in [1.54, 1.807) is 36.1 Å². The molecule has 0 bridgehead atoms. The number of benzene rings is 1. The number of amides is 3. The number of nitrogens with two attached hydrogens (primary N) is 1. The zero-order valence-electron chi connectivity index (χ0n) is 12.4. The van der Waals surface area contributed by atoms with Gasteiger partial charge in [-0.1, -0.05) is 6.92 Å². The fraction of sp³-hybridized carbons (Fsp3) is 0.400. The third kappa shape index (κ3) is 5.25. The molecule has 0 heterocycles. The molecule has 1 rings (SSSR count). The van der Waals surface area contributed by atoms with Crippen molar-refractivity contribution < 1.29 is 14.4 Å². The van der Waals surface area contributed by atoms with Crippen molar-refractivity contribution in [3.05, 3.63) is 29.8 Å². The normalized spacial score (nSPS) is 10.0. The Balaban J connectivity index is 2.50. The fourth-order valence-corrected chi connectivity index (χ4v) is 1.86. The van der Waals surface area contributed by atoms with Crippen LogP contribution in [-0.2, 0) is 9.59 Å². The number of rotatable bonds is 7. The maximum atomic E-state index is 11.8. The van der Waals surface area contributed by atoms with Gasteiger partial charge in [-0.2, -0.15) is 0 Å². The van der Waals surface area contributed by atoms with Gasteiger partial charge < -0.3 is 16.0 Å². The first-order chi connectivity index (χ1) is 9.97. The van der Waals surface area contributed by atoms with Crippen LogP contribution in [0, 0.1) is 0 Å². The Kier molecular flexibility index (Phi) is 6.39. The van der Waals surface area contributed by atoms with E-state index in [1.807, 2.05) is 6.92 Å². The van der Waals surface area contributed by atoms with E-state index in [1.165, 1.54) is 0 Å². The SMILES string of the molecule is CCC(=O)N(CC)CCC(=O)Nc1ccc(C(N)=O)cc1. The molecule has 0 aromatic heterocycles. The summed E-state index contributed by atoms with van der Waals surface area (Å²) in [5.41, 5.74) is 6.12. The largest absolute Gasteiger partial charge is 0.366 e. The van der Waals surface area contributed by atoms with Gasteiger partial charge >= 0.3 is 0 Å². The van der Waals surface area contributed by atoms with Crippen molar-refractivity contribution in [3.63, 3.8) is 0 Å². The average Bonchev–Trinajstić information content (AvgIpc) is 2.48. The Hall–Kier alpha value is -2.37. The standard InChI is InChI=1S/C15H21N3O3/c1-3-14(20)18(4-2)10-9-13(19)17-12-7-5-11(6-8-12)15(16)21/h5-8H,3-4,9-10H2,1-2H3,(H2,16,21)(H,17,19). The van der Waals surface area contributed by atoms with Gasteiger partial charge in [0, 0.05) is 37.2 Å². The Morgan fingerprint density at radius 1 is 1.14 bits per heavy atom. The summed E-state index contributed by atoms with van der Waals surface area (Å²) >= 11 is 0. The lowest BCUT2D eigenvalue weighted by atomic mass is 10.2. The maximum absolute atomic E-state index is 11.8. The Labute approximate surface area is 124 Å². The molecule has 0 unspecified atom stereocenters. The monoisotopic (exact) mass is 291 g/mol. The van der Waals surface area contributed by atoms with Gasteiger partial charge in [0.05, 0.1) is 0 Å². The number of hydrogen-bond acceptors (Lipinski definition) is 3. The number of primary amides is 1. The third-order valence-electron chi connectivity index (χ3n) is 3.10. The van der Waals surface area contributed by atoms with Crippen LogP contribution < -0.4 is 11.1 Å². The molecule has 0 aliphatic carbocycles. The van der Waals surface area contributed by atoms with E-state index in [4.69, 9.17) is 5.73 Å². The van der Waals surface area contributed by atoms with E-state index in [0.717, 1.165) is 0 Å². The summed E-state index contributed by atoms with van der Waals surface area (Å²) in [4.78, 5) is 36.0. The van der Waals surface area contributed by atoms with E-state index in [0.29, 0.717) is 30.8 Å². The molecule has 0 aliphatic heterocycles. The summed E-state index contributed by atoms with van der Waals surface area (Å²) in [7, 11) is 0. The molecule has 6 heteroatoms. The van der Waals surface area contributed by atoms with Gasteiger partial charge in [0.25, 0.3) is 0 Å². The second kappa shape index (κ2) is 8.04. The second-order valence-electron chi connectivity index (χ2n) is 4.57. The average molecular weight is 291 g/mol. The van der Waals surface area contributed by atoms with Crippen LogP contribution in [0.5, 0.6) is 0 Å². The molecule has 0 spiro atoms. The molecule has 114 valence electrons. The highest BCUT2D eigenvalue weighted by molar-refractivity contribution is 5.94. The number of nitrogens with one attached hydrogen (secondary N) is 1. The minimum absolute atomic E-state index is 0.0381. The van der Waals surface area contributed by atoms with Gasteiger partial charge in [-0.25, -0.2) is 0 Å². The van der Waals surface area contributed by atoms with Crippen molar-refractivity contribution in [2.75, 3.05) is 18.4 Å². The van der Waals surface area contributed by atoms with E-state index < -0.39 is 5.91 Å². The summed E-state index contributed by atoms with van der Waals surface area (Å²) in [5.74, 6) is -0.648. The summed E-state index contributed by atoms with van der Waals surface area (Å²) in [6.07, 6.45) is 0.668. The van der Waals surface area contributed by atoms with Crippen molar-refractivity contribution in [2.45, 2.75) is 26.7 Å². The summed E-state index contributed by atoms with van der Waals surface area (Å²) < 4.78 is 0. The Bertz CT molecular complexity index is 511. The van der Waals surface area contributed by atoms with Crippen LogP contribution in [0.4, 0.5) is 5.69 Å². The van der Waals surface area contributed by atoms with Crippen LogP contribution in [0.15, 0.2) is 24.3 Å².